The van der Waals surface area contributed by atoms with Crippen LogP contribution in [0.25, 0.3) is 16.7 Å². The molecule has 0 fully saturated rings. The summed E-state index contributed by atoms with van der Waals surface area (Å²) in [6, 6.07) is 21.7. The molecule has 186 valence electrons. The van der Waals surface area contributed by atoms with Crippen LogP contribution in [0.5, 0.6) is 5.75 Å². The van der Waals surface area contributed by atoms with E-state index in [1.165, 1.54) is 23.4 Å². The van der Waals surface area contributed by atoms with Crippen molar-refractivity contribution >= 4 is 51.6 Å². The maximum atomic E-state index is 13.6. The molecule has 0 aliphatic carbocycles. The van der Waals surface area contributed by atoms with Crippen molar-refractivity contribution in [2.45, 2.75) is 17.0 Å². The lowest BCUT2D eigenvalue weighted by molar-refractivity contribution is -0.115. The van der Waals surface area contributed by atoms with E-state index in [-0.39, 0.29) is 18.0 Å². The molecule has 0 saturated carbocycles. The summed E-state index contributed by atoms with van der Waals surface area (Å²) in [6.45, 7) is 4.04. The number of anilines is 1. The Morgan fingerprint density at radius 2 is 1.89 bits per heavy atom. The number of benzene rings is 3. The van der Waals surface area contributed by atoms with Gasteiger partial charge in [0.1, 0.15) is 11.0 Å². The van der Waals surface area contributed by atoms with Gasteiger partial charge in [0, 0.05) is 12.2 Å². The van der Waals surface area contributed by atoms with Crippen LogP contribution in [0.3, 0.4) is 0 Å². The molecular weight excluding hydrogens is 510 g/mol. The van der Waals surface area contributed by atoms with Gasteiger partial charge in [-0.15, -0.1) is 16.8 Å². The molecule has 10 heteroatoms. The van der Waals surface area contributed by atoms with E-state index >= 15 is 0 Å². The van der Waals surface area contributed by atoms with Gasteiger partial charge in [-0.2, -0.15) is 0 Å². The predicted molar refractivity (Wildman–Crippen MR) is 147 cm³/mol. The van der Waals surface area contributed by atoms with E-state index in [9.17, 15) is 9.59 Å². The Kier molecular flexibility index (Phi) is 6.98. The Bertz CT molecular complexity index is 1680. The van der Waals surface area contributed by atoms with Crippen LogP contribution < -0.4 is 15.6 Å². The number of fused-ring (bicyclic) bond motifs is 3. The first-order valence-corrected chi connectivity index (χ1v) is 12.6. The van der Waals surface area contributed by atoms with Crippen molar-refractivity contribution in [1.82, 2.24) is 19.2 Å². The second-order valence-electron chi connectivity index (χ2n) is 8.09. The normalized spacial score (nSPS) is 11.9. The first-order valence-electron chi connectivity index (χ1n) is 11.4. The van der Waals surface area contributed by atoms with Gasteiger partial charge in [-0.3, -0.25) is 18.6 Å². The number of carbonyl (C=O) groups excluding carboxylic acids is 1. The molecule has 8 nitrogen and oxygen atoms in total. The van der Waals surface area contributed by atoms with Crippen molar-refractivity contribution < 1.29 is 9.53 Å². The van der Waals surface area contributed by atoms with Gasteiger partial charge in [0.25, 0.3) is 5.56 Å². The van der Waals surface area contributed by atoms with Crippen molar-refractivity contribution in [3.8, 4) is 5.75 Å². The number of methoxy groups -OCH3 is 1. The van der Waals surface area contributed by atoms with Crippen molar-refractivity contribution in [2.24, 2.45) is 0 Å². The second kappa shape index (κ2) is 10.5. The number of rotatable bonds is 8. The number of thioether (sulfide) groups is 1. The minimum Gasteiger partial charge on any atom is -0.495 e. The number of hydrogen-bond donors (Lipinski definition) is 1. The largest absolute Gasteiger partial charge is 0.495 e. The van der Waals surface area contributed by atoms with Crippen LogP contribution in [0.4, 0.5) is 5.69 Å². The summed E-state index contributed by atoms with van der Waals surface area (Å²) in [5, 5.41) is 12.4. The number of ether oxygens (including phenoxy) is 1. The molecule has 0 radical (unpaired) electrons. The first kappa shape index (κ1) is 24.6. The molecule has 0 saturated heterocycles. The molecule has 0 spiro atoms. The molecule has 0 unspecified atom stereocenters. The highest BCUT2D eigenvalue weighted by Crippen LogP contribution is 2.37. The topological polar surface area (TPSA) is 90.5 Å². The van der Waals surface area contributed by atoms with Crippen LogP contribution in [0.1, 0.15) is 10.8 Å². The van der Waals surface area contributed by atoms with Crippen LogP contribution in [-0.4, -0.2) is 32.2 Å². The van der Waals surface area contributed by atoms with Crippen LogP contribution in [-0.2, 0) is 11.3 Å². The monoisotopic (exact) mass is 531 g/mol. The third kappa shape index (κ3) is 4.71. The number of amides is 1. The van der Waals surface area contributed by atoms with E-state index < -0.39 is 5.25 Å². The zero-order valence-electron chi connectivity index (χ0n) is 19.8. The smallest absolute Gasteiger partial charge is 0.263 e. The fourth-order valence-corrected chi connectivity index (χ4v) is 5.36. The molecule has 37 heavy (non-hydrogen) atoms. The number of carbonyl (C=O) groups is 1. The Morgan fingerprint density at radius 3 is 2.62 bits per heavy atom. The summed E-state index contributed by atoms with van der Waals surface area (Å²) in [6.07, 6.45) is 1.64. The number of para-hydroxylation sites is 1. The molecule has 2 heterocycles. The van der Waals surface area contributed by atoms with Gasteiger partial charge in [0.15, 0.2) is 5.16 Å². The predicted octanol–water partition coefficient (Wildman–Crippen LogP) is 5.36. The standard InChI is InChI=1S/C27H22ClN5O3S/c1-3-15-32-25(35)19-11-7-8-12-21(19)33-26(32)30-31-27(33)37-23(17-9-5-4-6-10-17)24(34)29-18-13-14-22(36-2)20(28)16-18/h3-14,16,23H,1,15H2,2H3,(H,29,34)/t23-/m0/s1. The lowest BCUT2D eigenvalue weighted by Gasteiger charge is -2.17. The highest BCUT2D eigenvalue weighted by atomic mass is 35.5. The molecule has 1 atom stereocenters. The van der Waals surface area contributed by atoms with E-state index in [1.54, 1.807) is 34.7 Å². The van der Waals surface area contributed by atoms with Gasteiger partial charge in [-0.1, -0.05) is 71.9 Å². The van der Waals surface area contributed by atoms with Crippen molar-refractivity contribution in [1.29, 1.82) is 0 Å². The fraction of sp³-hybridized carbons (Fsp3) is 0.111. The Morgan fingerprint density at radius 1 is 1.14 bits per heavy atom. The van der Waals surface area contributed by atoms with E-state index in [4.69, 9.17) is 16.3 Å². The summed E-state index contributed by atoms with van der Waals surface area (Å²) < 4.78 is 8.53. The second-order valence-corrected chi connectivity index (χ2v) is 9.57. The molecule has 0 bridgehead atoms. The van der Waals surface area contributed by atoms with E-state index in [0.29, 0.717) is 38.3 Å². The average Bonchev–Trinajstić information content (AvgIpc) is 3.34. The third-order valence-electron chi connectivity index (χ3n) is 5.77. The number of hydrogen-bond acceptors (Lipinski definition) is 6. The van der Waals surface area contributed by atoms with Gasteiger partial charge in [-0.25, -0.2) is 0 Å². The Hall–Kier alpha value is -4.08. The average molecular weight is 532 g/mol. The minimum atomic E-state index is -0.673. The van der Waals surface area contributed by atoms with Crippen LogP contribution in [0.15, 0.2) is 95.4 Å². The highest BCUT2D eigenvalue weighted by molar-refractivity contribution is 8.00. The van der Waals surface area contributed by atoms with Crippen LogP contribution in [0.2, 0.25) is 5.02 Å². The van der Waals surface area contributed by atoms with Crippen molar-refractivity contribution in [3.05, 3.63) is 106 Å². The number of halogens is 1. The third-order valence-corrected chi connectivity index (χ3v) is 7.27. The van der Waals surface area contributed by atoms with E-state index in [2.05, 4.69) is 22.1 Å². The number of allylic oxidation sites excluding steroid dienone is 1. The van der Waals surface area contributed by atoms with Crippen molar-refractivity contribution in [2.75, 3.05) is 12.4 Å². The molecular formula is C27H22ClN5O3S. The number of nitrogens with one attached hydrogen (secondary N) is 1. The summed E-state index contributed by atoms with van der Waals surface area (Å²) in [5.41, 5.74) is 1.80. The fourth-order valence-electron chi connectivity index (χ4n) is 4.06. The molecule has 0 aliphatic heterocycles. The summed E-state index contributed by atoms with van der Waals surface area (Å²) >= 11 is 7.50. The molecule has 3 aromatic carbocycles. The lowest BCUT2D eigenvalue weighted by Crippen LogP contribution is -2.23. The number of nitrogens with zero attached hydrogens (tertiary/aromatic N) is 4. The zero-order chi connectivity index (χ0) is 25.9. The zero-order valence-corrected chi connectivity index (χ0v) is 21.4. The highest BCUT2D eigenvalue weighted by Gasteiger charge is 2.26. The summed E-state index contributed by atoms with van der Waals surface area (Å²) in [4.78, 5) is 26.7. The van der Waals surface area contributed by atoms with Crippen LogP contribution >= 0.6 is 23.4 Å². The summed E-state index contributed by atoms with van der Waals surface area (Å²) in [7, 11) is 1.53. The van der Waals surface area contributed by atoms with Gasteiger partial charge in [0.2, 0.25) is 11.7 Å². The van der Waals surface area contributed by atoms with Gasteiger partial charge in [-0.05, 0) is 35.9 Å². The maximum absolute atomic E-state index is 13.6. The van der Waals surface area contributed by atoms with Crippen molar-refractivity contribution in [3.63, 3.8) is 0 Å². The first-order chi connectivity index (χ1) is 18.0. The molecule has 2 aromatic heterocycles. The Labute approximate surface area is 221 Å². The Balaban J connectivity index is 1.59. The molecule has 1 amide bonds. The molecule has 5 aromatic rings. The van der Waals surface area contributed by atoms with Gasteiger partial charge < -0.3 is 10.1 Å². The van der Waals surface area contributed by atoms with Crippen LogP contribution in [0, 0.1) is 0 Å². The van der Waals surface area contributed by atoms with E-state index in [1.807, 2.05) is 48.5 Å². The number of aromatic nitrogens is 4. The summed E-state index contributed by atoms with van der Waals surface area (Å²) in [5.74, 6) is 0.624. The maximum Gasteiger partial charge on any atom is 0.263 e. The molecule has 1 N–H and O–H groups in total. The molecule has 5 rings (SSSR count). The van der Waals surface area contributed by atoms with Gasteiger partial charge in [0.05, 0.1) is 23.0 Å². The molecule has 0 aliphatic rings. The lowest BCUT2D eigenvalue weighted by atomic mass is 10.1. The quantitative estimate of drug-likeness (QED) is 0.214. The SMILES string of the molecule is C=CCn1c(=O)c2ccccc2n2c(S[C@H](C(=O)Nc3ccc(OC)c(Cl)c3)c3ccccc3)nnc12. The minimum absolute atomic E-state index is 0.180. The van der Waals surface area contributed by atoms with Gasteiger partial charge >= 0.3 is 0 Å². The van der Waals surface area contributed by atoms with E-state index in [0.717, 1.165) is 5.56 Å².